The monoisotopic (exact) mass is 472 g/mol. The van der Waals surface area contributed by atoms with E-state index in [0.717, 1.165) is 37.1 Å². The molecule has 1 saturated heterocycles. The van der Waals surface area contributed by atoms with E-state index < -0.39 is 0 Å². The molecule has 2 heterocycles. The number of rotatable bonds is 6. The molecule has 0 bridgehead atoms. The highest BCUT2D eigenvalue weighted by molar-refractivity contribution is 14.0. The number of nitrogens with zero attached hydrogens (tertiary/aromatic N) is 2. The van der Waals surface area contributed by atoms with E-state index in [0.29, 0.717) is 0 Å². The summed E-state index contributed by atoms with van der Waals surface area (Å²) in [6, 6.07) is 8.30. The number of piperidine rings is 1. The summed E-state index contributed by atoms with van der Waals surface area (Å²) in [5.41, 5.74) is 1.30. The quantitative estimate of drug-likeness (QED) is 0.380. The Hall–Kier alpha value is -1.02. The zero-order chi connectivity index (χ0) is 17.5. The van der Waals surface area contributed by atoms with Crippen LogP contribution in [0.3, 0.4) is 0 Å². The second-order valence-electron chi connectivity index (χ2n) is 7.17. The van der Waals surface area contributed by atoms with Gasteiger partial charge < -0.3 is 20.3 Å². The van der Waals surface area contributed by atoms with E-state index in [1.807, 2.05) is 19.2 Å². The minimum absolute atomic E-state index is 0. The van der Waals surface area contributed by atoms with Crippen LogP contribution in [0.25, 0.3) is 0 Å². The number of hydrogen-bond acceptors (Lipinski definition) is 3. The van der Waals surface area contributed by atoms with Crippen LogP contribution in [0.4, 0.5) is 0 Å². The lowest BCUT2D eigenvalue weighted by atomic mass is 9.97. The van der Waals surface area contributed by atoms with Crippen molar-refractivity contribution in [3.8, 4) is 5.75 Å². The lowest BCUT2D eigenvalue weighted by molar-refractivity contribution is 0.185. The van der Waals surface area contributed by atoms with Gasteiger partial charge in [-0.3, -0.25) is 4.99 Å². The molecule has 1 aromatic rings. The summed E-state index contributed by atoms with van der Waals surface area (Å²) >= 11 is 0. The van der Waals surface area contributed by atoms with Gasteiger partial charge in [0.15, 0.2) is 5.96 Å². The summed E-state index contributed by atoms with van der Waals surface area (Å²) in [5.74, 6) is 2.66. The van der Waals surface area contributed by atoms with Crippen LogP contribution in [0, 0.1) is 5.92 Å². The predicted molar refractivity (Wildman–Crippen MR) is 119 cm³/mol. The summed E-state index contributed by atoms with van der Waals surface area (Å²) < 4.78 is 5.98. The molecule has 0 spiro atoms. The number of halogens is 1. The molecule has 2 N–H and O–H groups in total. The molecule has 26 heavy (non-hydrogen) atoms. The Morgan fingerprint density at radius 3 is 2.62 bits per heavy atom. The molecule has 2 aliphatic rings. The Kier molecular flexibility index (Phi) is 8.98. The van der Waals surface area contributed by atoms with E-state index in [9.17, 15) is 0 Å². The predicted octanol–water partition coefficient (Wildman–Crippen LogP) is 2.90. The minimum Gasteiger partial charge on any atom is -0.488 e. The van der Waals surface area contributed by atoms with Gasteiger partial charge >= 0.3 is 0 Å². The Morgan fingerprint density at radius 1 is 1.19 bits per heavy atom. The molecule has 1 unspecified atom stereocenters. The second kappa shape index (κ2) is 11.0. The molecule has 0 saturated carbocycles. The number of aliphatic imine (C=N–C) groups is 1. The summed E-state index contributed by atoms with van der Waals surface area (Å²) in [7, 11) is 1.84. The molecule has 0 aliphatic carbocycles. The van der Waals surface area contributed by atoms with Gasteiger partial charge in [-0.2, -0.15) is 0 Å². The first kappa shape index (κ1) is 21.3. The normalized spacial score (nSPS) is 20.8. The van der Waals surface area contributed by atoms with Crippen molar-refractivity contribution >= 4 is 29.9 Å². The van der Waals surface area contributed by atoms with Crippen molar-refractivity contribution in [2.75, 3.05) is 39.8 Å². The van der Waals surface area contributed by atoms with Gasteiger partial charge in [0.25, 0.3) is 0 Å². The SMILES string of the molecule is CCCN1CCC(CNC(=NC)NCC2Cc3ccccc3O2)CC1.I. The summed E-state index contributed by atoms with van der Waals surface area (Å²) in [4.78, 5) is 6.94. The Bertz CT molecular complexity index is 548. The largest absolute Gasteiger partial charge is 0.488 e. The van der Waals surface area contributed by atoms with Crippen LogP contribution in [0.15, 0.2) is 29.3 Å². The maximum atomic E-state index is 5.98. The van der Waals surface area contributed by atoms with Crippen molar-refractivity contribution in [1.29, 1.82) is 0 Å². The summed E-state index contributed by atoms with van der Waals surface area (Å²) in [6.07, 6.45) is 4.98. The molecular formula is C20H33IN4O. The molecule has 6 heteroatoms. The minimum atomic E-state index is 0. The molecule has 0 aromatic heterocycles. The zero-order valence-electron chi connectivity index (χ0n) is 16.0. The van der Waals surface area contributed by atoms with Crippen LogP contribution in [0.5, 0.6) is 5.75 Å². The zero-order valence-corrected chi connectivity index (χ0v) is 18.4. The van der Waals surface area contributed by atoms with Crippen LogP contribution in [-0.2, 0) is 6.42 Å². The number of para-hydroxylation sites is 1. The average Bonchev–Trinajstić information content (AvgIpc) is 3.06. The standard InChI is InChI=1S/C20H32N4O.HI/c1-3-10-24-11-8-16(9-12-24)14-22-20(21-2)23-15-18-13-17-6-4-5-7-19(17)25-18;/h4-7,16,18H,3,8-15H2,1-2H3,(H2,21,22,23);1H. The van der Waals surface area contributed by atoms with Crippen molar-refractivity contribution in [2.24, 2.45) is 10.9 Å². The number of benzene rings is 1. The second-order valence-corrected chi connectivity index (χ2v) is 7.17. The molecule has 5 nitrogen and oxygen atoms in total. The Morgan fingerprint density at radius 2 is 1.92 bits per heavy atom. The third-order valence-electron chi connectivity index (χ3n) is 5.24. The highest BCUT2D eigenvalue weighted by atomic mass is 127. The van der Waals surface area contributed by atoms with Crippen molar-refractivity contribution < 1.29 is 4.74 Å². The first-order valence-corrected chi connectivity index (χ1v) is 9.70. The fourth-order valence-electron chi connectivity index (χ4n) is 3.77. The molecule has 146 valence electrons. The van der Waals surface area contributed by atoms with Gasteiger partial charge in [0, 0.05) is 20.0 Å². The van der Waals surface area contributed by atoms with Crippen molar-refractivity contribution in [1.82, 2.24) is 15.5 Å². The van der Waals surface area contributed by atoms with E-state index in [1.54, 1.807) is 0 Å². The molecule has 1 atom stereocenters. The number of fused-ring (bicyclic) bond motifs is 1. The Balaban J connectivity index is 0.00000243. The topological polar surface area (TPSA) is 48.9 Å². The van der Waals surface area contributed by atoms with Crippen LogP contribution < -0.4 is 15.4 Å². The highest BCUT2D eigenvalue weighted by Gasteiger charge is 2.23. The van der Waals surface area contributed by atoms with Crippen molar-refractivity contribution in [3.63, 3.8) is 0 Å². The molecule has 0 radical (unpaired) electrons. The first-order valence-electron chi connectivity index (χ1n) is 9.70. The summed E-state index contributed by atoms with van der Waals surface area (Å²) in [5, 5.41) is 6.91. The molecule has 3 rings (SSSR count). The smallest absolute Gasteiger partial charge is 0.191 e. The van der Waals surface area contributed by atoms with Gasteiger partial charge in [-0.1, -0.05) is 25.1 Å². The third-order valence-corrected chi connectivity index (χ3v) is 5.24. The summed E-state index contributed by atoms with van der Waals surface area (Å²) in [6.45, 7) is 7.76. The highest BCUT2D eigenvalue weighted by Crippen LogP contribution is 2.27. The molecule has 2 aliphatic heterocycles. The van der Waals surface area contributed by atoms with E-state index in [2.05, 4.69) is 39.6 Å². The van der Waals surface area contributed by atoms with Gasteiger partial charge in [0.2, 0.25) is 0 Å². The maximum absolute atomic E-state index is 5.98. The van der Waals surface area contributed by atoms with Crippen LogP contribution in [0.1, 0.15) is 31.7 Å². The average molecular weight is 472 g/mol. The van der Waals surface area contributed by atoms with Crippen LogP contribution in [0.2, 0.25) is 0 Å². The lowest BCUT2D eigenvalue weighted by Crippen LogP contribution is -2.45. The van der Waals surface area contributed by atoms with E-state index in [4.69, 9.17) is 4.74 Å². The van der Waals surface area contributed by atoms with Gasteiger partial charge in [0.1, 0.15) is 11.9 Å². The Labute approximate surface area is 175 Å². The van der Waals surface area contributed by atoms with Gasteiger partial charge in [-0.15, -0.1) is 24.0 Å². The lowest BCUT2D eigenvalue weighted by Gasteiger charge is -2.32. The van der Waals surface area contributed by atoms with Crippen LogP contribution >= 0.6 is 24.0 Å². The molecule has 1 aromatic carbocycles. The number of hydrogen-bond donors (Lipinski definition) is 2. The van der Waals surface area contributed by atoms with E-state index in [-0.39, 0.29) is 30.1 Å². The molecule has 1 fully saturated rings. The van der Waals surface area contributed by atoms with Crippen molar-refractivity contribution in [3.05, 3.63) is 29.8 Å². The van der Waals surface area contributed by atoms with Gasteiger partial charge in [-0.05, 0) is 56.4 Å². The third kappa shape index (κ3) is 6.01. The number of likely N-dealkylation sites (tertiary alicyclic amines) is 1. The van der Waals surface area contributed by atoms with E-state index in [1.165, 1.54) is 44.5 Å². The number of ether oxygens (including phenoxy) is 1. The maximum Gasteiger partial charge on any atom is 0.191 e. The molecular weight excluding hydrogens is 439 g/mol. The van der Waals surface area contributed by atoms with Crippen molar-refractivity contribution in [2.45, 2.75) is 38.7 Å². The number of nitrogens with one attached hydrogen (secondary N) is 2. The number of guanidine groups is 1. The van der Waals surface area contributed by atoms with Crippen LogP contribution in [-0.4, -0.2) is 56.7 Å². The molecule has 0 amide bonds. The fraction of sp³-hybridized carbons (Fsp3) is 0.650. The van der Waals surface area contributed by atoms with E-state index >= 15 is 0 Å². The fourth-order valence-corrected chi connectivity index (χ4v) is 3.77. The van der Waals surface area contributed by atoms with Gasteiger partial charge in [0.05, 0.1) is 6.54 Å². The van der Waals surface area contributed by atoms with Gasteiger partial charge in [-0.25, -0.2) is 0 Å². The first-order chi connectivity index (χ1) is 12.3.